The largest absolute Gasteiger partial charge is 0.465 e. The van der Waals surface area contributed by atoms with E-state index >= 15 is 0 Å². The Morgan fingerprint density at radius 1 is 1.15 bits per heavy atom. The number of ether oxygens (including phenoxy) is 1. The van der Waals surface area contributed by atoms with Gasteiger partial charge in [0.2, 0.25) is 5.12 Å². The molecule has 200 valence electrons. The molecule has 13 heteroatoms. The highest BCUT2D eigenvalue weighted by Crippen LogP contribution is 2.45. The Balaban J connectivity index is 1.58. The maximum atomic E-state index is 13.4. The lowest BCUT2D eigenvalue weighted by molar-refractivity contribution is -0.137. The topological polar surface area (TPSA) is 124 Å². The fourth-order valence-electron chi connectivity index (χ4n) is 4.21. The lowest BCUT2D eigenvalue weighted by atomic mass is 9.85. The van der Waals surface area contributed by atoms with Crippen molar-refractivity contribution >= 4 is 57.4 Å². The molecule has 0 bridgehead atoms. The number of carbonyl (C=O) groups is 2. The highest BCUT2D eigenvalue weighted by Gasteiger charge is 2.36. The second-order valence-electron chi connectivity index (χ2n) is 9.17. The first-order valence-electron chi connectivity index (χ1n) is 11.7. The smallest absolute Gasteiger partial charge is 0.349 e. The maximum Gasteiger partial charge on any atom is 0.349 e. The number of rotatable bonds is 6. The Kier molecular flexibility index (Phi) is 7.51. The summed E-state index contributed by atoms with van der Waals surface area (Å²) in [5.74, 6) is -0.394. The summed E-state index contributed by atoms with van der Waals surface area (Å²) in [6.07, 6.45) is 1.45. The highest BCUT2D eigenvalue weighted by atomic mass is 35.5. The molecule has 4 aromatic rings. The molecule has 1 saturated heterocycles. The van der Waals surface area contributed by atoms with Crippen molar-refractivity contribution in [2.45, 2.75) is 30.9 Å². The molecule has 3 heterocycles. The van der Waals surface area contributed by atoms with Crippen molar-refractivity contribution < 1.29 is 14.3 Å². The van der Waals surface area contributed by atoms with Crippen LogP contribution in [0.2, 0.25) is 10.0 Å². The molecule has 5 rings (SSSR count). The number of carbonyl (C=O) groups excluding carboxylic acids is 2. The number of nitrogens with one attached hydrogen (secondary N) is 1. The Hall–Kier alpha value is -3.25. The number of benzene rings is 2. The van der Waals surface area contributed by atoms with Crippen LogP contribution in [0.5, 0.6) is 0 Å². The molecule has 1 aliphatic rings. The molecule has 0 radical (unpaired) electrons. The van der Waals surface area contributed by atoms with Crippen molar-refractivity contribution in [3.8, 4) is 16.9 Å². The molecule has 39 heavy (non-hydrogen) atoms. The minimum absolute atomic E-state index is 0.245. The number of hydrogen-bond donors (Lipinski definition) is 1. The maximum absolute atomic E-state index is 13.4. The summed E-state index contributed by atoms with van der Waals surface area (Å²) in [5.41, 5.74) is -0.166. The van der Waals surface area contributed by atoms with Crippen molar-refractivity contribution in [2.75, 3.05) is 6.61 Å². The molecular weight excluding hydrogens is 583 g/mol. The number of aromatic amines is 1. The number of H-pyrrole nitrogens is 1. The van der Waals surface area contributed by atoms with Crippen molar-refractivity contribution in [2.24, 2.45) is 0 Å². The molecule has 9 nitrogen and oxygen atoms in total. The Morgan fingerprint density at radius 2 is 1.85 bits per heavy atom. The average molecular weight is 604 g/mol. The van der Waals surface area contributed by atoms with E-state index in [9.17, 15) is 19.2 Å². The number of halogens is 2. The van der Waals surface area contributed by atoms with Crippen molar-refractivity contribution in [3.63, 3.8) is 0 Å². The van der Waals surface area contributed by atoms with E-state index in [2.05, 4.69) is 10.1 Å². The second-order valence-corrected chi connectivity index (χ2v) is 12.2. The zero-order valence-electron chi connectivity index (χ0n) is 20.6. The van der Waals surface area contributed by atoms with Gasteiger partial charge in [0.25, 0.3) is 5.56 Å². The van der Waals surface area contributed by atoms with Gasteiger partial charge in [-0.3, -0.25) is 19.4 Å². The first-order valence-corrected chi connectivity index (χ1v) is 14.1. The predicted molar refractivity (Wildman–Crippen MR) is 151 cm³/mol. The van der Waals surface area contributed by atoms with Gasteiger partial charge >= 0.3 is 11.7 Å². The number of thioether (sulfide) groups is 1. The van der Waals surface area contributed by atoms with Gasteiger partial charge < -0.3 is 4.74 Å². The van der Waals surface area contributed by atoms with E-state index in [1.807, 2.05) is 44.2 Å². The summed E-state index contributed by atoms with van der Waals surface area (Å²) in [6, 6.07) is 12.4. The summed E-state index contributed by atoms with van der Waals surface area (Å²) in [4.78, 5) is 56.5. The standard InChI is InChI=1S/C26H20Cl2N4O5S2/c1-26(2,19-15(27)10-14(11-16(19)28)32-25(36)30-18(33)12-29-32)24-31-20(13-6-4-3-5-7-13)21(39-24)23(35)38-17-8-9-37-22(17)34/h3-7,10-12,17H,8-9H2,1-2H3,(H,30,33,36). The van der Waals surface area contributed by atoms with Crippen molar-refractivity contribution in [1.82, 2.24) is 19.7 Å². The molecule has 1 N–H and O–H groups in total. The number of esters is 1. The van der Waals surface area contributed by atoms with Crippen LogP contribution in [0.1, 0.15) is 40.5 Å². The molecular formula is C26H20Cl2N4O5S2. The van der Waals surface area contributed by atoms with Crippen LogP contribution >= 0.6 is 46.3 Å². The zero-order valence-corrected chi connectivity index (χ0v) is 23.7. The van der Waals surface area contributed by atoms with Gasteiger partial charge in [0, 0.05) is 33.0 Å². The number of aromatic nitrogens is 4. The Bertz CT molecular complexity index is 1690. The third-order valence-corrected chi connectivity index (χ3v) is 9.37. The van der Waals surface area contributed by atoms with Gasteiger partial charge in [0.1, 0.15) is 21.3 Å². The molecule has 0 spiro atoms. The number of cyclic esters (lactones) is 1. The second kappa shape index (κ2) is 10.7. The third-order valence-electron chi connectivity index (χ3n) is 6.14. The van der Waals surface area contributed by atoms with Crippen LogP contribution in [-0.4, -0.2) is 42.7 Å². The fourth-order valence-corrected chi connectivity index (χ4v) is 7.30. The van der Waals surface area contributed by atoms with Gasteiger partial charge in [0.15, 0.2) is 0 Å². The Morgan fingerprint density at radius 3 is 2.46 bits per heavy atom. The van der Waals surface area contributed by atoms with Crippen molar-refractivity contribution in [1.29, 1.82) is 0 Å². The van der Waals surface area contributed by atoms with Crippen LogP contribution in [-0.2, 0) is 14.9 Å². The summed E-state index contributed by atoms with van der Waals surface area (Å²) in [6.45, 7) is 4.06. The van der Waals surface area contributed by atoms with Crippen LogP contribution in [0.15, 0.2) is 58.3 Å². The summed E-state index contributed by atoms with van der Waals surface area (Å²) in [7, 11) is 0. The third kappa shape index (κ3) is 5.31. The van der Waals surface area contributed by atoms with E-state index < -0.39 is 27.9 Å². The van der Waals surface area contributed by atoms with E-state index in [0.29, 0.717) is 34.2 Å². The molecule has 1 unspecified atom stereocenters. The van der Waals surface area contributed by atoms with Gasteiger partial charge in [-0.25, -0.2) is 9.78 Å². The minimum atomic E-state index is -0.861. The van der Waals surface area contributed by atoms with Gasteiger partial charge in [-0.2, -0.15) is 9.78 Å². The van der Waals surface area contributed by atoms with Crippen molar-refractivity contribution in [3.05, 3.63) is 95.0 Å². The number of thiazole rings is 1. The van der Waals surface area contributed by atoms with Crippen LogP contribution in [0.3, 0.4) is 0 Å². The van der Waals surface area contributed by atoms with E-state index in [1.54, 1.807) is 0 Å². The molecule has 1 aliphatic heterocycles. The molecule has 0 saturated carbocycles. The van der Waals surface area contributed by atoms with Crippen LogP contribution < -0.4 is 11.2 Å². The highest BCUT2D eigenvalue weighted by molar-refractivity contribution is 8.15. The Labute approximate surface area is 240 Å². The number of hydrogen-bond acceptors (Lipinski definition) is 9. The summed E-state index contributed by atoms with van der Waals surface area (Å²) < 4.78 is 6.00. The summed E-state index contributed by atoms with van der Waals surface area (Å²) in [5, 5.41) is 4.10. The van der Waals surface area contributed by atoms with Gasteiger partial charge in [-0.1, -0.05) is 65.3 Å². The lowest BCUT2D eigenvalue weighted by Crippen LogP contribution is -2.30. The quantitative estimate of drug-likeness (QED) is 0.310. The van der Waals surface area contributed by atoms with Gasteiger partial charge in [-0.15, -0.1) is 11.3 Å². The molecule has 1 fully saturated rings. The molecule has 0 aliphatic carbocycles. The normalized spacial score (nSPS) is 15.4. The van der Waals surface area contributed by atoms with Gasteiger partial charge in [0.05, 0.1) is 18.0 Å². The SMILES string of the molecule is CC(C)(c1nc(-c2ccccc2)c(C(=O)SC2CCOC2=O)s1)c1c(Cl)cc(-n2ncc(=O)[nH]c2=O)cc1Cl. The van der Waals surface area contributed by atoms with Crippen LogP contribution in [0, 0.1) is 0 Å². The lowest BCUT2D eigenvalue weighted by Gasteiger charge is -2.25. The van der Waals surface area contributed by atoms with Gasteiger partial charge in [-0.05, 0) is 26.0 Å². The molecule has 0 amide bonds. The first-order chi connectivity index (χ1) is 18.6. The molecule has 2 aromatic heterocycles. The minimum Gasteiger partial charge on any atom is -0.465 e. The average Bonchev–Trinajstić information content (AvgIpc) is 3.51. The zero-order chi connectivity index (χ0) is 27.9. The first kappa shape index (κ1) is 27.3. The van der Waals surface area contributed by atoms with Crippen LogP contribution in [0.4, 0.5) is 0 Å². The summed E-state index contributed by atoms with van der Waals surface area (Å²) >= 11 is 15.6. The predicted octanol–water partition coefficient (Wildman–Crippen LogP) is 4.87. The van der Waals surface area contributed by atoms with E-state index in [4.69, 9.17) is 32.9 Å². The van der Waals surface area contributed by atoms with E-state index in [-0.39, 0.29) is 20.8 Å². The monoisotopic (exact) mass is 602 g/mol. The fraction of sp³-hybridized carbons (Fsp3) is 0.231. The number of nitrogens with zero attached hydrogens (tertiary/aromatic N) is 3. The molecule has 2 aromatic carbocycles. The van der Waals surface area contributed by atoms with E-state index in [0.717, 1.165) is 28.2 Å². The van der Waals surface area contributed by atoms with Crippen LogP contribution in [0.25, 0.3) is 16.9 Å². The molecule has 1 atom stereocenters. The van der Waals surface area contributed by atoms with E-state index in [1.165, 1.54) is 23.5 Å².